The Morgan fingerprint density at radius 3 is 2.64 bits per heavy atom. The number of benzene rings is 2. The highest BCUT2D eigenvalue weighted by atomic mass is 79.9. The molecule has 0 aliphatic carbocycles. The second kappa shape index (κ2) is 8.20. The summed E-state index contributed by atoms with van der Waals surface area (Å²) in [5, 5.41) is 2.80. The fraction of sp³-hybridized carbons (Fsp3) is 0.150. The number of nitrogens with one attached hydrogen (secondary N) is 1. The number of ether oxygens (including phenoxy) is 2. The average molecular weight is 462 g/mol. The van der Waals surface area contributed by atoms with Crippen LogP contribution in [0.2, 0.25) is 0 Å². The van der Waals surface area contributed by atoms with Crippen LogP contribution in [0.5, 0.6) is 11.5 Å². The molecule has 2 heterocycles. The number of fused-ring (bicyclic) bond motifs is 1. The first-order chi connectivity index (χ1) is 13.6. The highest BCUT2D eigenvalue weighted by Crippen LogP contribution is 2.32. The molecule has 0 spiro atoms. The van der Waals surface area contributed by atoms with Gasteiger partial charge in [0.05, 0.1) is 16.6 Å². The van der Waals surface area contributed by atoms with E-state index >= 15 is 0 Å². The zero-order valence-electron chi connectivity index (χ0n) is 14.6. The first-order valence-electron chi connectivity index (χ1n) is 8.48. The van der Waals surface area contributed by atoms with Crippen molar-refractivity contribution in [1.29, 1.82) is 0 Å². The largest absolute Gasteiger partial charge is 0.455 e. The second-order valence-corrected chi connectivity index (χ2v) is 8.45. The van der Waals surface area contributed by atoms with Crippen molar-refractivity contribution >= 4 is 32.6 Å². The minimum atomic E-state index is -1.25. The van der Waals surface area contributed by atoms with E-state index in [4.69, 9.17) is 13.9 Å². The topological polar surface area (TPSA) is 77.8 Å². The number of rotatable bonds is 6. The molecule has 28 heavy (non-hydrogen) atoms. The fourth-order valence-electron chi connectivity index (χ4n) is 2.70. The van der Waals surface area contributed by atoms with Crippen molar-refractivity contribution in [1.82, 2.24) is 5.32 Å². The average Bonchev–Trinajstić information content (AvgIpc) is 3.35. The maximum Gasteiger partial charge on any atom is 0.287 e. The van der Waals surface area contributed by atoms with E-state index < -0.39 is 10.8 Å². The zero-order valence-corrected chi connectivity index (χ0v) is 17.0. The summed E-state index contributed by atoms with van der Waals surface area (Å²) < 4.78 is 29.5. The summed E-state index contributed by atoms with van der Waals surface area (Å²) in [6.07, 6.45) is 0. The Labute approximate surface area is 172 Å². The van der Waals surface area contributed by atoms with Gasteiger partial charge in [-0.05, 0) is 54.1 Å². The summed E-state index contributed by atoms with van der Waals surface area (Å²) in [4.78, 5) is 13.0. The van der Waals surface area contributed by atoms with Crippen LogP contribution in [0, 0.1) is 0 Å². The lowest BCUT2D eigenvalue weighted by Crippen LogP contribution is -2.22. The van der Waals surface area contributed by atoms with Crippen molar-refractivity contribution in [3.63, 3.8) is 0 Å². The number of carbonyl (C=O) groups excluding carboxylic acids is 1. The van der Waals surface area contributed by atoms with Gasteiger partial charge in [0.25, 0.3) is 5.91 Å². The second-order valence-electron chi connectivity index (χ2n) is 6.08. The first-order valence-corrected chi connectivity index (χ1v) is 10.6. The molecule has 2 aromatic carbocycles. The van der Waals surface area contributed by atoms with Gasteiger partial charge in [-0.3, -0.25) is 9.00 Å². The number of carbonyl (C=O) groups is 1. The molecule has 3 aromatic rings. The molecule has 0 radical (unpaired) electrons. The van der Waals surface area contributed by atoms with Crippen LogP contribution in [0.1, 0.15) is 21.9 Å². The smallest absolute Gasteiger partial charge is 0.287 e. The summed E-state index contributed by atoms with van der Waals surface area (Å²) in [5.41, 5.74) is 0.890. The normalized spacial score (nSPS) is 13.3. The third-order valence-corrected chi connectivity index (χ3v) is 6.00. The molecule has 0 saturated carbocycles. The predicted octanol–water partition coefficient (Wildman–Crippen LogP) is 4.01. The Kier molecular flexibility index (Phi) is 5.50. The molecule has 0 fully saturated rings. The Hall–Kier alpha value is -2.58. The molecule has 1 atom stereocenters. The molecule has 1 aliphatic heterocycles. The number of hydrogen-bond donors (Lipinski definition) is 1. The molecule has 0 bridgehead atoms. The van der Waals surface area contributed by atoms with Gasteiger partial charge >= 0.3 is 0 Å². The van der Waals surface area contributed by atoms with Gasteiger partial charge in [-0.15, -0.1) is 0 Å². The summed E-state index contributed by atoms with van der Waals surface area (Å²) in [5.74, 6) is 1.92. The number of furan rings is 1. The van der Waals surface area contributed by atoms with Gasteiger partial charge in [0.1, 0.15) is 5.76 Å². The summed E-state index contributed by atoms with van der Waals surface area (Å²) >= 11 is 3.35. The van der Waals surface area contributed by atoms with Crippen LogP contribution in [0.4, 0.5) is 0 Å². The van der Waals surface area contributed by atoms with Gasteiger partial charge in [0, 0.05) is 15.9 Å². The van der Waals surface area contributed by atoms with Crippen LogP contribution in [0.15, 0.2) is 68.4 Å². The van der Waals surface area contributed by atoms with E-state index in [0.29, 0.717) is 28.7 Å². The molecule has 1 aromatic heterocycles. The first kappa shape index (κ1) is 18.8. The van der Waals surface area contributed by atoms with E-state index in [1.165, 1.54) is 0 Å². The predicted molar refractivity (Wildman–Crippen MR) is 107 cm³/mol. The number of hydrogen-bond acceptors (Lipinski definition) is 5. The molecule has 8 heteroatoms. The number of amides is 1. The monoisotopic (exact) mass is 461 g/mol. The molecular weight excluding hydrogens is 446 g/mol. The maximum absolute atomic E-state index is 12.4. The van der Waals surface area contributed by atoms with Gasteiger partial charge in [-0.2, -0.15) is 0 Å². The van der Waals surface area contributed by atoms with Crippen LogP contribution in [-0.2, 0) is 23.1 Å². The Balaban J connectivity index is 1.35. The minimum Gasteiger partial charge on any atom is -0.455 e. The van der Waals surface area contributed by atoms with Crippen LogP contribution in [0.3, 0.4) is 0 Å². The van der Waals surface area contributed by atoms with E-state index in [1.807, 2.05) is 30.3 Å². The van der Waals surface area contributed by atoms with Crippen molar-refractivity contribution < 1.29 is 22.9 Å². The molecule has 0 saturated heterocycles. The molecule has 1 aliphatic rings. The lowest BCUT2D eigenvalue weighted by Gasteiger charge is -2.05. The van der Waals surface area contributed by atoms with Gasteiger partial charge in [-0.25, -0.2) is 0 Å². The molecule has 0 unspecified atom stereocenters. The lowest BCUT2D eigenvalue weighted by atomic mass is 10.2. The SMILES string of the molecule is O=C(NCc1ccc2c(c1)OCO2)c1ccc(C[S@@](=O)c2ccc(Br)cc2)o1. The molecule has 1 amide bonds. The molecule has 6 nitrogen and oxygen atoms in total. The molecule has 4 rings (SSSR count). The number of halogens is 1. The summed E-state index contributed by atoms with van der Waals surface area (Å²) in [6.45, 7) is 0.540. The zero-order chi connectivity index (χ0) is 19.5. The van der Waals surface area contributed by atoms with Crippen molar-refractivity contribution in [2.24, 2.45) is 0 Å². The molecule has 144 valence electrons. The maximum atomic E-state index is 12.4. The minimum absolute atomic E-state index is 0.184. The Morgan fingerprint density at radius 1 is 1.04 bits per heavy atom. The van der Waals surface area contributed by atoms with E-state index in [9.17, 15) is 9.00 Å². The van der Waals surface area contributed by atoms with Crippen molar-refractivity contribution in [2.75, 3.05) is 6.79 Å². The van der Waals surface area contributed by atoms with Gasteiger partial charge in [-0.1, -0.05) is 22.0 Å². The van der Waals surface area contributed by atoms with Crippen molar-refractivity contribution in [3.05, 3.63) is 76.2 Å². The van der Waals surface area contributed by atoms with Crippen LogP contribution in [0.25, 0.3) is 0 Å². The Morgan fingerprint density at radius 2 is 1.82 bits per heavy atom. The van der Waals surface area contributed by atoms with Crippen LogP contribution in [-0.4, -0.2) is 16.9 Å². The highest BCUT2D eigenvalue weighted by molar-refractivity contribution is 9.10. The highest BCUT2D eigenvalue weighted by Gasteiger charge is 2.16. The van der Waals surface area contributed by atoms with Gasteiger partial charge < -0.3 is 19.2 Å². The van der Waals surface area contributed by atoms with E-state index in [-0.39, 0.29) is 24.2 Å². The third kappa shape index (κ3) is 4.28. The molecular formula is C20H16BrNO5S. The van der Waals surface area contributed by atoms with Crippen molar-refractivity contribution in [2.45, 2.75) is 17.2 Å². The fourth-order valence-corrected chi connectivity index (χ4v) is 3.98. The summed E-state index contributed by atoms with van der Waals surface area (Å²) in [7, 11) is -1.25. The molecule has 1 N–H and O–H groups in total. The van der Waals surface area contributed by atoms with Crippen LogP contribution < -0.4 is 14.8 Å². The third-order valence-electron chi connectivity index (χ3n) is 4.13. The summed E-state index contributed by atoms with van der Waals surface area (Å²) in [6, 6.07) is 16.0. The lowest BCUT2D eigenvalue weighted by molar-refractivity contribution is 0.0921. The quantitative estimate of drug-likeness (QED) is 0.599. The standard InChI is InChI=1S/C20H16BrNO5S/c21-14-2-5-16(6-3-14)28(24)11-15-4-8-18(27-15)20(23)22-10-13-1-7-17-19(9-13)26-12-25-17/h1-9H,10-12H2,(H,22,23)/t28-/m1/s1. The van der Waals surface area contributed by atoms with E-state index in [2.05, 4.69) is 21.2 Å². The van der Waals surface area contributed by atoms with Gasteiger partial charge in [0.15, 0.2) is 17.3 Å². The van der Waals surface area contributed by atoms with E-state index in [0.717, 1.165) is 10.0 Å². The van der Waals surface area contributed by atoms with Crippen molar-refractivity contribution in [3.8, 4) is 11.5 Å². The van der Waals surface area contributed by atoms with Crippen LogP contribution >= 0.6 is 15.9 Å². The Bertz CT molecular complexity index is 1030. The van der Waals surface area contributed by atoms with Gasteiger partial charge in [0.2, 0.25) is 6.79 Å². The van der Waals surface area contributed by atoms with E-state index in [1.54, 1.807) is 24.3 Å².